The number of halogens is 3. The van der Waals surface area contributed by atoms with E-state index in [9.17, 15) is 4.79 Å². The predicted octanol–water partition coefficient (Wildman–Crippen LogP) is 4.83. The molecule has 0 unspecified atom stereocenters. The average Bonchev–Trinajstić information content (AvgIpc) is 2.35. The number of ether oxygens (including phenoxy) is 1. The number of aromatic carboxylic acids is 1. The average molecular weight is 377 g/mol. The summed E-state index contributed by atoms with van der Waals surface area (Å²) >= 11 is 15.2. The first kappa shape index (κ1) is 15.0. The Morgan fingerprint density at radius 2 is 1.85 bits per heavy atom. The Morgan fingerprint density at radius 3 is 2.50 bits per heavy atom. The van der Waals surface area contributed by atoms with Crippen molar-refractivity contribution in [2.24, 2.45) is 0 Å². The second-order valence-electron chi connectivity index (χ2n) is 3.86. The molecule has 4 nitrogen and oxygen atoms in total. The fourth-order valence-electron chi connectivity index (χ4n) is 1.50. The number of carboxylic acids is 1. The van der Waals surface area contributed by atoms with Gasteiger partial charge in [0.15, 0.2) is 0 Å². The van der Waals surface area contributed by atoms with Gasteiger partial charge in [0, 0.05) is 22.3 Å². The maximum atomic E-state index is 11.1. The molecular weight excluding hydrogens is 369 g/mol. The number of hydrogen-bond donors (Lipinski definition) is 2. The zero-order valence-corrected chi connectivity index (χ0v) is 13.0. The molecule has 0 spiro atoms. The van der Waals surface area contributed by atoms with Gasteiger partial charge >= 0.3 is 5.97 Å². The van der Waals surface area contributed by atoms with E-state index in [-0.39, 0.29) is 17.1 Å². The lowest BCUT2D eigenvalue weighted by molar-refractivity contribution is 0.0694. The van der Waals surface area contributed by atoms with Gasteiger partial charge in [-0.2, -0.15) is 0 Å². The molecule has 7 heteroatoms. The van der Waals surface area contributed by atoms with Crippen LogP contribution in [0.4, 0.5) is 5.69 Å². The Hall–Kier alpha value is -1.43. The van der Waals surface area contributed by atoms with E-state index in [0.29, 0.717) is 20.2 Å². The lowest BCUT2D eigenvalue weighted by Gasteiger charge is -2.11. The Kier molecular flexibility index (Phi) is 4.42. The maximum Gasteiger partial charge on any atom is 0.339 e. The molecule has 2 aromatic carbocycles. The van der Waals surface area contributed by atoms with Crippen LogP contribution in [0.1, 0.15) is 10.4 Å². The van der Waals surface area contributed by atoms with Crippen LogP contribution in [0.3, 0.4) is 0 Å². The summed E-state index contributed by atoms with van der Waals surface area (Å²) in [7, 11) is 0. The van der Waals surface area contributed by atoms with Crippen molar-refractivity contribution < 1.29 is 14.6 Å². The second kappa shape index (κ2) is 5.91. The van der Waals surface area contributed by atoms with Crippen LogP contribution in [-0.4, -0.2) is 11.1 Å². The molecule has 2 rings (SSSR count). The largest absolute Gasteiger partial charge is 0.478 e. The van der Waals surface area contributed by atoms with E-state index in [1.165, 1.54) is 24.3 Å². The summed E-state index contributed by atoms with van der Waals surface area (Å²) in [4.78, 5) is 11.1. The molecule has 0 heterocycles. The van der Waals surface area contributed by atoms with Gasteiger partial charge in [0.05, 0.1) is 10.0 Å². The number of hydrogen-bond acceptors (Lipinski definition) is 3. The summed E-state index contributed by atoms with van der Waals surface area (Å²) in [5.74, 6) is -0.787. The molecule has 0 fully saturated rings. The smallest absolute Gasteiger partial charge is 0.339 e. The van der Waals surface area contributed by atoms with Crippen molar-refractivity contribution in [1.29, 1.82) is 0 Å². The third kappa shape index (κ3) is 3.17. The number of nitrogen functional groups attached to an aromatic ring is 1. The Bertz CT molecular complexity index is 692. The van der Waals surface area contributed by atoms with E-state index in [0.717, 1.165) is 0 Å². The fraction of sp³-hybridized carbons (Fsp3) is 0. The molecule has 104 valence electrons. The van der Waals surface area contributed by atoms with Gasteiger partial charge in [-0.25, -0.2) is 4.79 Å². The maximum absolute atomic E-state index is 11.1. The Balaban J connectivity index is 2.47. The normalized spacial score (nSPS) is 10.3. The van der Waals surface area contributed by atoms with Crippen molar-refractivity contribution in [3.63, 3.8) is 0 Å². The highest BCUT2D eigenvalue weighted by Crippen LogP contribution is 2.37. The van der Waals surface area contributed by atoms with Gasteiger partial charge in [-0.05, 0) is 34.1 Å². The minimum atomic E-state index is -1.13. The van der Waals surface area contributed by atoms with Crippen LogP contribution in [0.15, 0.2) is 34.8 Å². The monoisotopic (exact) mass is 375 g/mol. The van der Waals surface area contributed by atoms with Gasteiger partial charge < -0.3 is 15.6 Å². The van der Waals surface area contributed by atoms with Crippen LogP contribution in [0.2, 0.25) is 10.0 Å². The number of carboxylic acid groups (broad SMARTS) is 1. The molecule has 0 aliphatic heterocycles. The standard InChI is InChI=1S/C13H8BrCl2NO3/c14-8-4-10(16)12(5-9(8)15)20-11-3-6(17)1-2-7(11)13(18)19/h1-5H,17H2,(H,18,19). The summed E-state index contributed by atoms with van der Waals surface area (Å²) in [6, 6.07) is 7.30. The van der Waals surface area contributed by atoms with Gasteiger partial charge in [0.2, 0.25) is 0 Å². The van der Waals surface area contributed by atoms with Crippen molar-refractivity contribution in [3.8, 4) is 11.5 Å². The highest BCUT2D eigenvalue weighted by molar-refractivity contribution is 9.10. The molecule has 0 bridgehead atoms. The van der Waals surface area contributed by atoms with E-state index < -0.39 is 5.97 Å². The van der Waals surface area contributed by atoms with Gasteiger partial charge in [-0.3, -0.25) is 0 Å². The van der Waals surface area contributed by atoms with E-state index in [1.807, 2.05) is 0 Å². The molecule has 0 saturated heterocycles. The number of anilines is 1. The molecule has 20 heavy (non-hydrogen) atoms. The number of rotatable bonds is 3. The summed E-state index contributed by atoms with van der Waals surface area (Å²) in [6.45, 7) is 0. The van der Waals surface area contributed by atoms with E-state index >= 15 is 0 Å². The first-order valence-electron chi connectivity index (χ1n) is 5.33. The Morgan fingerprint density at radius 1 is 1.15 bits per heavy atom. The molecule has 0 amide bonds. The van der Waals surface area contributed by atoms with Crippen molar-refractivity contribution in [2.45, 2.75) is 0 Å². The number of benzene rings is 2. The van der Waals surface area contributed by atoms with Gasteiger partial charge in [-0.15, -0.1) is 0 Å². The predicted molar refractivity (Wildman–Crippen MR) is 82.0 cm³/mol. The minimum absolute atomic E-state index is 0.0192. The van der Waals surface area contributed by atoms with Crippen LogP contribution < -0.4 is 10.5 Å². The molecular formula is C13H8BrCl2NO3. The van der Waals surface area contributed by atoms with Crippen LogP contribution in [-0.2, 0) is 0 Å². The highest BCUT2D eigenvalue weighted by Gasteiger charge is 2.15. The SMILES string of the molecule is Nc1ccc(C(=O)O)c(Oc2cc(Cl)c(Br)cc2Cl)c1. The molecule has 0 atom stereocenters. The quantitative estimate of drug-likeness (QED) is 0.594. The molecule has 0 aliphatic rings. The molecule has 0 aliphatic carbocycles. The van der Waals surface area contributed by atoms with E-state index in [4.69, 9.17) is 38.8 Å². The van der Waals surface area contributed by atoms with Crippen molar-refractivity contribution in [3.05, 3.63) is 50.4 Å². The van der Waals surface area contributed by atoms with Crippen LogP contribution >= 0.6 is 39.1 Å². The third-order valence-electron chi connectivity index (χ3n) is 2.43. The van der Waals surface area contributed by atoms with E-state index in [1.54, 1.807) is 6.07 Å². The van der Waals surface area contributed by atoms with Crippen LogP contribution in [0.5, 0.6) is 11.5 Å². The Labute approximate surface area is 133 Å². The fourth-order valence-corrected chi connectivity index (χ4v) is 2.33. The summed E-state index contributed by atoms with van der Waals surface area (Å²) in [6.07, 6.45) is 0. The summed E-state index contributed by atoms with van der Waals surface area (Å²) in [5, 5.41) is 9.80. The first-order chi connectivity index (χ1) is 9.38. The number of carbonyl (C=O) groups is 1. The molecule has 0 radical (unpaired) electrons. The lowest BCUT2D eigenvalue weighted by Crippen LogP contribution is -2.01. The third-order valence-corrected chi connectivity index (χ3v) is 3.92. The summed E-state index contributed by atoms with van der Waals surface area (Å²) < 4.78 is 6.13. The van der Waals surface area contributed by atoms with E-state index in [2.05, 4.69) is 15.9 Å². The highest BCUT2D eigenvalue weighted by atomic mass is 79.9. The summed E-state index contributed by atoms with van der Waals surface area (Å²) in [5.41, 5.74) is 5.99. The molecule has 3 N–H and O–H groups in total. The van der Waals surface area contributed by atoms with Crippen LogP contribution in [0, 0.1) is 0 Å². The van der Waals surface area contributed by atoms with Crippen molar-refractivity contribution in [1.82, 2.24) is 0 Å². The van der Waals surface area contributed by atoms with Crippen LogP contribution in [0.25, 0.3) is 0 Å². The minimum Gasteiger partial charge on any atom is -0.478 e. The van der Waals surface area contributed by atoms with Gasteiger partial charge in [0.25, 0.3) is 0 Å². The first-order valence-corrected chi connectivity index (χ1v) is 6.88. The zero-order valence-electron chi connectivity index (χ0n) is 9.86. The van der Waals surface area contributed by atoms with Gasteiger partial charge in [0.1, 0.15) is 17.1 Å². The molecule has 2 aromatic rings. The van der Waals surface area contributed by atoms with Crippen molar-refractivity contribution >= 4 is 50.8 Å². The number of nitrogens with two attached hydrogens (primary N) is 1. The molecule has 0 saturated carbocycles. The topological polar surface area (TPSA) is 72.6 Å². The lowest BCUT2D eigenvalue weighted by atomic mass is 10.2. The zero-order chi connectivity index (χ0) is 14.9. The molecule has 0 aromatic heterocycles. The van der Waals surface area contributed by atoms with Crippen molar-refractivity contribution in [2.75, 3.05) is 5.73 Å². The second-order valence-corrected chi connectivity index (χ2v) is 5.53. The van der Waals surface area contributed by atoms with Gasteiger partial charge in [-0.1, -0.05) is 23.2 Å².